The molecule has 0 aliphatic carbocycles. The van der Waals surface area contributed by atoms with E-state index in [9.17, 15) is 14.0 Å². The maximum Gasteiger partial charge on any atom is 0.323 e. The molecule has 1 heterocycles. The van der Waals surface area contributed by atoms with E-state index in [0.29, 0.717) is 17.9 Å². The van der Waals surface area contributed by atoms with E-state index in [1.807, 2.05) is 0 Å². The molecule has 27 heavy (non-hydrogen) atoms. The van der Waals surface area contributed by atoms with Crippen LogP contribution in [0.3, 0.4) is 0 Å². The van der Waals surface area contributed by atoms with Gasteiger partial charge in [0.2, 0.25) is 0 Å². The van der Waals surface area contributed by atoms with Crippen LogP contribution in [-0.2, 0) is 6.54 Å². The van der Waals surface area contributed by atoms with Gasteiger partial charge in [0.25, 0.3) is 5.91 Å². The van der Waals surface area contributed by atoms with Gasteiger partial charge in [0, 0.05) is 6.54 Å². The SMILES string of the molecule is NC(=O)c1[nH]ncc1NCc1cccc(N(C(N)=O)c2ccccc2F)c1. The van der Waals surface area contributed by atoms with E-state index in [1.54, 1.807) is 30.3 Å². The van der Waals surface area contributed by atoms with Crippen LogP contribution in [-0.4, -0.2) is 22.1 Å². The van der Waals surface area contributed by atoms with Crippen molar-refractivity contribution in [3.63, 3.8) is 0 Å². The molecule has 3 amide bonds. The molecule has 0 saturated carbocycles. The Bertz CT molecular complexity index is 987. The standard InChI is InChI=1S/C18H17FN6O2/c19-13-6-1-2-7-15(13)25(18(21)27)12-5-3-4-11(8-12)9-22-14-10-23-24-16(14)17(20)26/h1-8,10,22H,9H2,(H2,20,26)(H2,21,27)(H,23,24). The lowest BCUT2D eigenvalue weighted by molar-refractivity contribution is 0.0996. The Morgan fingerprint density at radius 3 is 2.63 bits per heavy atom. The number of nitrogens with two attached hydrogens (primary N) is 2. The van der Waals surface area contributed by atoms with Crippen molar-refractivity contribution in [1.29, 1.82) is 0 Å². The van der Waals surface area contributed by atoms with Crippen molar-refractivity contribution in [3.05, 3.63) is 71.8 Å². The predicted molar refractivity (Wildman–Crippen MR) is 99.0 cm³/mol. The van der Waals surface area contributed by atoms with Gasteiger partial charge in [-0.2, -0.15) is 5.10 Å². The molecule has 0 bridgehead atoms. The van der Waals surface area contributed by atoms with Gasteiger partial charge in [-0.15, -0.1) is 0 Å². The van der Waals surface area contributed by atoms with E-state index in [1.165, 1.54) is 24.4 Å². The second-order valence-electron chi connectivity index (χ2n) is 5.67. The Morgan fingerprint density at radius 2 is 1.93 bits per heavy atom. The summed E-state index contributed by atoms with van der Waals surface area (Å²) in [6.07, 6.45) is 1.44. The highest BCUT2D eigenvalue weighted by Gasteiger charge is 2.19. The zero-order valence-corrected chi connectivity index (χ0v) is 14.1. The first kappa shape index (κ1) is 17.9. The average molecular weight is 368 g/mol. The van der Waals surface area contributed by atoms with Gasteiger partial charge in [-0.25, -0.2) is 9.18 Å². The summed E-state index contributed by atoms with van der Waals surface area (Å²) in [4.78, 5) is 24.3. The van der Waals surface area contributed by atoms with Gasteiger partial charge in [-0.3, -0.25) is 14.8 Å². The van der Waals surface area contributed by atoms with Crippen LogP contribution < -0.4 is 21.7 Å². The lowest BCUT2D eigenvalue weighted by Crippen LogP contribution is -2.32. The van der Waals surface area contributed by atoms with Crippen molar-refractivity contribution in [1.82, 2.24) is 10.2 Å². The van der Waals surface area contributed by atoms with Crippen LogP contribution in [0, 0.1) is 5.82 Å². The van der Waals surface area contributed by atoms with E-state index in [2.05, 4.69) is 15.5 Å². The van der Waals surface area contributed by atoms with E-state index < -0.39 is 17.8 Å². The topological polar surface area (TPSA) is 130 Å². The number of nitrogens with one attached hydrogen (secondary N) is 2. The highest BCUT2D eigenvalue weighted by atomic mass is 19.1. The number of anilines is 3. The summed E-state index contributed by atoms with van der Waals surface area (Å²) in [5.74, 6) is -1.20. The van der Waals surface area contributed by atoms with Crippen LogP contribution >= 0.6 is 0 Å². The van der Waals surface area contributed by atoms with E-state index in [-0.39, 0.29) is 11.4 Å². The number of benzene rings is 2. The Balaban J connectivity index is 1.86. The lowest BCUT2D eigenvalue weighted by atomic mass is 10.1. The number of amides is 3. The van der Waals surface area contributed by atoms with Gasteiger partial charge in [0.15, 0.2) is 0 Å². The number of urea groups is 1. The number of primary amides is 2. The third kappa shape index (κ3) is 3.87. The van der Waals surface area contributed by atoms with Crippen LogP contribution in [0.2, 0.25) is 0 Å². The molecule has 3 aromatic rings. The minimum absolute atomic E-state index is 0.0564. The summed E-state index contributed by atoms with van der Waals surface area (Å²) >= 11 is 0. The summed E-state index contributed by atoms with van der Waals surface area (Å²) in [5.41, 5.74) is 12.6. The third-order valence-corrected chi connectivity index (χ3v) is 3.85. The Morgan fingerprint density at radius 1 is 1.15 bits per heavy atom. The predicted octanol–water partition coefficient (Wildman–Crippen LogP) is 2.48. The van der Waals surface area contributed by atoms with Gasteiger partial charge < -0.3 is 16.8 Å². The lowest BCUT2D eigenvalue weighted by Gasteiger charge is -2.22. The number of aromatic amines is 1. The summed E-state index contributed by atoms with van der Waals surface area (Å²) < 4.78 is 14.1. The highest BCUT2D eigenvalue weighted by molar-refractivity contribution is 5.98. The van der Waals surface area contributed by atoms with Crippen LogP contribution in [0.5, 0.6) is 0 Å². The fraction of sp³-hybridized carbons (Fsp3) is 0.0556. The molecule has 0 unspecified atom stereocenters. The zero-order chi connectivity index (χ0) is 19.4. The fourth-order valence-electron chi connectivity index (χ4n) is 2.63. The molecule has 8 nitrogen and oxygen atoms in total. The minimum atomic E-state index is -0.809. The van der Waals surface area contributed by atoms with E-state index in [0.717, 1.165) is 10.5 Å². The fourth-order valence-corrected chi connectivity index (χ4v) is 2.63. The van der Waals surface area contributed by atoms with Gasteiger partial charge in [0.1, 0.15) is 11.5 Å². The number of rotatable bonds is 6. The van der Waals surface area contributed by atoms with Crippen molar-refractivity contribution in [2.75, 3.05) is 10.2 Å². The second-order valence-corrected chi connectivity index (χ2v) is 5.67. The number of aromatic nitrogens is 2. The molecular weight excluding hydrogens is 351 g/mol. The molecule has 9 heteroatoms. The maximum absolute atomic E-state index is 14.1. The first-order valence-corrected chi connectivity index (χ1v) is 7.97. The molecule has 138 valence electrons. The van der Waals surface area contributed by atoms with E-state index >= 15 is 0 Å². The normalized spacial score (nSPS) is 10.4. The largest absolute Gasteiger partial charge is 0.378 e. The molecule has 1 aromatic heterocycles. The van der Waals surface area contributed by atoms with Crippen LogP contribution in [0.4, 0.5) is 26.2 Å². The average Bonchev–Trinajstić information content (AvgIpc) is 3.11. The molecule has 0 saturated heterocycles. The zero-order valence-electron chi connectivity index (χ0n) is 14.1. The number of nitrogens with zero attached hydrogens (tertiary/aromatic N) is 2. The van der Waals surface area contributed by atoms with Gasteiger partial charge in [0.05, 0.1) is 23.3 Å². The molecule has 0 radical (unpaired) electrons. The van der Waals surface area contributed by atoms with Crippen molar-refractivity contribution >= 4 is 29.0 Å². The van der Waals surface area contributed by atoms with Crippen molar-refractivity contribution in [3.8, 4) is 0 Å². The first-order valence-electron chi connectivity index (χ1n) is 7.97. The van der Waals surface area contributed by atoms with Crippen molar-refractivity contribution in [2.45, 2.75) is 6.54 Å². The number of para-hydroxylation sites is 1. The molecule has 0 aliphatic rings. The molecule has 0 atom stereocenters. The first-order chi connectivity index (χ1) is 13.0. The Labute approximate surface area is 154 Å². The summed E-state index contributed by atoms with van der Waals surface area (Å²) in [6, 6.07) is 11.9. The molecule has 3 rings (SSSR count). The number of carbonyl (C=O) groups is 2. The molecule has 2 aromatic carbocycles. The van der Waals surface area contributed by atoms with Crippen molar-refractivity contribution in [2.24, 2.45) is 11.5 Å². The number of halogens is 1. The van der Waals surface area contributed by atoms with Gasteiger partial charge >= 0.3 is 6.03 Å². The number of hydrogen-bond acceptors (Lipinski definition) is 4. The van der Waals surface area contributed by atoms with Gasteiger partial charge in [-0.05, 0) is 29.8 Å². The summed E-state index contributed by atoms with van der Waals surface area (Å²) in [7, 11) is 0. The quantitative estimate of drug-likeness (QED) is 0.532. The molecule has 0 fully saturated rings. The number of hydrogen-bond donors (Lipinski definition) is 4. The second kappa shape index (κ2) is 7.56. The molecule has 0 aliphatic heterocycles. The maximum atomic E-state index is 14.1. The third-order valence-electron chi connectivity index (χ3n) is 3.85. The van der Waals surface area contributed by atoms with Crippen molar-refractivity contribution < 1.29 is 14.0 Å². The van der Waals surface area contributed by atoms with Crippen LogP contribution in [0.25, 0.3) is 0 Å². The van der Waals surface area contributed by atoms with Gasteiger partial charge in [-0.1, -0.05) is 24.3 Å². The molecule has 6 N–H and O–H groups in total. The molecular formula is C18H17FN6O2. The summed E-state index contributed by atoms with van der Waals surface area (Å²) in [6.45, 7) is 0.317. The Kier molecular flexibility index (Phi) is 5.02. The summed E-state index contributed by atoms with van der Waals surface area (Å²) in [5, 5.41) is 9.32. The monoisotopic (exact) mass is 368 g/mol. The van der Waals surface area contributed by atoms with E-state index in [4.69, 9.17) is 11.5 Å². The number of H-pyrrole nitrogens is 1. The number of carbonyl (C=O) groups excluding carboxylic acids is 2. The van der Waals surface area contributed by atoms with Crippen LogP contribution in [0.1, 0.15) is 16.1 Å². The highest BCUT2D eigenvalue weighted by Crippen LogP contribution is 2.28. The van der Waals surface area contributed by atoms with Crippen LogP contribution in [0.15, 0.2) is 54.7 Å². The smallest absolute Gasteiger partial charge is 0.323 e. The minimum Gasteiger partial charge on any atom is -0.378 e. The Hall–Kier alpha value is -3.88. The molecule has 0 spiro atoms.